The molecule has 27 heavy (non-hydrogen) atoms. The molecule has 1 aliphatic heterocycles. The van der Waals surface area contributed by atoms with Gasteiger partial charge >= 0.3 is 0 Å². The van der Waals surface area contributed by atoms with E-state index in [-0.39, 0.29) is 12.5 Å². The highest BCUT2D eigenvalue weighted by atomic mass is 16.5. The zero-order chi connectivity index (χ0) is 18.5. The Morgan fingerprint density at radius 2 is 1.93 bits per heavy atom. The Labute approximate surface area is 156 Å². The number of aromatic nitrogens is 4. The van der Waals surface area contributed by atoms with Crippen molar-refractivity contribution < 1.29 is 9.53 Å². The Morgan fingerprint density at radius 3 is 2.67 bits per heavy atom. The first-order valence-electron chi connectivity index (χ1n) is 8.82. The summed E-state index contributed by atoms with van der Waals surface area (Å²) in [6.07, 6.45) is 3.23. The van der Waals surface area contributed by atoms with Crippen molar-refractivity contribution in [2.45, 2.75) is 6.54 Å². The maximum atomic E-state index is 12.4. The van der Waals surface area contributed by atoms with Crippen molar-refractivity contribution in [3.63, 3.8) is 0 Å². The number of pyridine rings is 1. The summed E-state index contributed by atoms with van der Waals surface area (Å²) in [4.78, 5) is 19.0. The van der Waals surface area contributed by atoms with Crippen LogP contribution in [-0.4, -0.2) is 52.0 Å². The fourth-order valence-electron chi connectivity index (χ4n) is 2.95. The molecule has 8 nitrogen and oxygen atoms in total. The van der Waals surface area contributed by atoms with E-state index in [1.807, 2.05) is 41.0 Å². The molecule has 4 rings (SSSR count). The highest BCUT2D eigenvalue weighted by Crippen LogP contribution is 2.13. The molecule has 0 spiro atoms. The molecule has 1 saturated heterocycles. The first-order valence-corrected chi connectivity index (χ1v) is 8.82. The molecule has 8 heteroatoms. The molecule has 138 valence electrons. The summed E-state index contributed by atoms with van der Waals surface area (Å²) in [7, 11) is 0. The number of carbonyl (C=O) groups excluding carboxylic acids is 1. The van der Waals surface area contributed by atoms with E-state index in [9.17, 15) is 4.79 Å². The number of nitrogens with one attached hydrogen (secondary N) is 1. The lowest BCUT2D eigenvalue weighted by atomic mass is 10.2. The minimum atomic E-state index is -0.196. The van der Waals surface area contributed by atoms with Gasteiger partial charge < -0.3 is 15.0 Å². The van der Waals surface area contributed by atoms with Crippen LogP contribution in [0, 0.1) is 0 Å². The van der Waals surface area contributed by atoms with Crippen LogP contribution in [-0.2, 0) is 11.3 Å². The molecule has 0 bridgehead atoms. The topological polar surface area (TPSA) is 85.2 Å². The van der Waals surface area contributed by atoms with Gasteiger partial charge in [0.25, 0.3) is 5.91 Å². The van der Waals surface area contributed by atoms with Crippen molar-refractivity contribution >= 4 is 11.7 Å². The fraction of sp³-hybridized carbons (Fsp3) is 0.263. The number of amides is 1. The maximum absolute atomic E-state index is 12.4. The van der Waals surface area contributed by atoms with E-state index < -0.39 is 0 Å². The molecule has 2 aromatic heterocycles. The second-order valence-electron chi connectivity index (χ2n) is 6.14. The van der Waals surface area contributed by atoms with Crippen LogP contribution in [0.5, 0.6) is 0 Å². The number of hydrogen-bond acceptors (Lipinski definition) is 6. The molecule has 3 heterocycles. The Bertz CT molecular complexity index is 888. The van der Waals surface area contributed by atoms with Crippen LogP contribution >= 0.6 is 0 Å². The fourth-order valence-corrected chi connectivity index (χ4v) is 2.95. The first-order chi connectivity index (χ1) is 13.3. The van der Waals surface area contributed by atoms with Crippen LogP contribution in [0.1, 0.15) is 16.2 Å². The van der Waals surface area contributed by atoms with Crippen LogP contribution in [0.15, 0.2) is 55.0 Å². The number of carbonyl (C=O) groups is 1. The van der Waals surface area contributed by atoms with Gasteiger partial charge in [0.1, 0.15) is 12.1 Å². The summed E-state index contributed by atoms with van der Waals surface area (Å²) in [6, 6.07) is 13.4. The van der Waals surface area contributed by atoms with Crippen molar-refractivity contribution in [2.75, 3.05) is 31.2 Å². The highest BCUT2D eigenvalue weighted by Gasteiger charge is 2.14. The molecule has 0 unspecified atom stereocenters. The second-order valence-corrected chi connectivity index (χ2v) is 6.14. The Balaban J connectivity index is 1.39. The number of nitrogens with zero attached hydrogens (tertiary/aromatic N) is 5. The minimum Gasteiger partial charge on any atom is -0.378 e. The van der Waals surface area contributed by atoms with Gasteiger partial charge in [-0.05, 0) is 24.3 Å². The number of hydrogen-bond donors (Lipinski definition) is 1. The predicted octanol–water partition coefficient (Wildman–Crippen LogP) is 1.43. The van der Waals surface area contributed by atoms with Gasteiger partial charge in [0, 0.05) is 25.0 Å². The van der Waals surface area contributed by atoms with E-state index in [4.69, 9.17) is 4.74 Å². The third-order valence-corrected chi connectivity index (χ3v) is 4.40. The van der Waals surface area contributed by atoms with Gasteiger partial charge in [-0.1, -0.05) is 18.2 Å². The first kappa shape index (κ1) is 17.2. The van der Waals surface area contributed by atoms with Crippen LogP contribution in [0.2, 0.25) is 0 Å². The summed E-state index contributed by atoms with van der Waals surface area (Å²) < 4.78 is 7.19. The van der Waals surface area contributed by atoms with Gasteiger partial charge in [-0.3, -0.25) is 9.36 Å². The van der Waals surface area contributed by atoms with Gasteiger partial charge in [0.2, 0.25) is 0 Å². The quantitative estimate of drug-likeness (QED) is 0.737. The monoisotopic (exact) mass is 364 g/mol. The zero-order valence-electron chi connectivity index (χ0n) is 14.8. The molecule has 0 aliphatic carbocycles. The largest absolute Gasteiger partial charge is 0.378 e. The van der Waals surface area contributed by atoms with Crippen molar-refractivity contribution in [3.8, 4) is 5.69 Å². The molecular weight excluding hydrogens is 344 g/mol. The molecule has 1 fully saturated rings. The van der Waals surface area contributed by atoms with E-state index in [0.29, 0.717) is 24.6 Å². The lowest BCUT2D eigenvalue weighted by Crippen LogP contribution is -2.36. The zero-order valence-corrected chi connectivity index (χ0v) is 14.8. The third-order valence-electron chi connectivity index (χ3n) is 4.40. The van der Waals surface area contributed by atoms with E-state index in [1.54, 1.807) is 18.6 Å². The van der Waals surface area contributed by atoms with Crippen molar-refractivity contribution in [1.29, 1.82) is 0 Å². The molecule has 1 aromatic carbocycles. The smallest absolute Gasteiger partial charge is 0.253 e. The van der Waals surface area contributed by atoms with Crippen molar-refractivity contribution in [1.82, 2.24) is 25.1 Å². The second kappa shape index (κ2) is 7.96. The van der Waals surface area contributed by atoms with Gasteiger partial charge in [0.15, 0.2) is 5.82 Å². The highest BCUT2D eigenvalue weighted by molar-refractivity contribution is 5.93. The average molecular weight is 364 g/mol. The third kappa shape index (κ3) is 3.95. The van der Waals surface area contributed by atoms with E-state index in [2.05, 4.69) is 25.4 Å². The van der Waals surface area contributed by atoms with E-state index in [0.717, 1.165) is 24.6 Å². The van der Waals surface area contributed by atoms with Gasteiger partial charge in [-0.25, -0.2) is 4.98 Å². The van der Waals surface area contributed by atoms with Crippen LogP contribution in [0.25, 0.3) is 5.69 Å². The lowest BCUT2D eigenvalue weighted by Gasteiger charge is -2.27. The molecule has 1 N–H and O–H groups in total. The summed E-state index contributed by atoms with van der Waals surface area (Å²) in [5, 5.41) is 10.9. The molecular formula is C19H20N6O2. The normalized spacial score (nSPS) is 14.1. The average Bonchev–Trinajstić information content (AvgIpc) is 3.22. The van der Waals surface area contributed by atoms with E-state index >= 15 is 0 Å². The molecule has 3 aromatic rings. The van der Waals surface area contributed by atoms with Gasteiger partial charge in [0.05, 0.1) is 25.3 Å². The molecule has 0 radical (unpaired) electrons. The van der Waals surface area contributed by atoms with Crippen LogP contribution < -0.4 is 10.2 Å². The molecule has 1 amide bonds. The summed E-state index contributed by atoms with van der Waals surface area (Å²) in [5.41, 5.74) is 1.46. The standard InChI is InChI=1S/C19H20N6O2/c26-19(15-6-7-17(20-12-15)24-8-10-27-11-9-24)21-13-18-23-22-14-25(18)16-4-2-1-3-5-16/h1-7,12,14H,8-11,13H2,(H,21,26). The van der Waals surface area contributed by atoms with E-state index in [1.165, 1.54) is 0 Å². The number of ether oxygens (including phenoxy) is 1. The summed E-state index contributed by atoms with van der Waals surface area (Å²) in [6.45, 7) is 3.30. The number of rotatable bonds is 5. The Morgan fingerprint density at radius 1 is 1.11 bits per heavy atom. The Hall–Kier alpha value is -3.26. The summed E-state index contributed by atoms with van der Waals surface area (Å²) in [5.74, 6) is 1.32. The number of benzene rings is 1. The maximum Gasteiger partial charge on any atom is 0.253 e. The van der Waals surface area contributed by atoms with Gasteiger partial charge in [-0.15, -0.1) is 10.2 Å². The summed E-state index contributed by atoms with van der Waals surface area (Å²) >= 11 is 0. The minimum absolute atomic E-state index is 0.196. The number of para-hydroxylation sites is 1. The van der Waals surface area contributed by atoms with Crippen LogP contribution in [0.3, 0.4) is 0 Å². The SMILES string of the molecule is O=C(NCc1nncn1-c1ccccc1)c1ccc(N2CCOCC2)nc1. The lowest BCUT2D eigenvalue weighted by molar-refractivity contribution is 0.0949. The molecule has 1 aliphatic rings. The van der Waals surface area contributed by atoms with Crippen LogP contribution in [0.4, 0.5) is 5.82 Å². The molecule has 0 atom stereocenters. The Kier molecular flexibility index (Phi) is 5.06. The van der Waals surface area contributed by atoms with Gasteiger partial charge in [-0.2, -0.15) is 0 Å². The van der Waals surface area contributed by atoms with Crippen molar-refractivity contribution in [3.05, 3.63) is 66.4 Å². The molecule has 0 saturated carbocycles. The predicted molar refractivity (Wildman–Crippen MR) is 99.8 cm³/mol. The van der Waals surface area contributed by atoms with Crippen molar-refractivity contribution in [2.24, 2.45) is 0 Å². The number of anilines is 1. The number of morpholine rings is 1.